The predicted octanol–water partition coefficient (Wildman–Crippen LogP) is 5.36. The maximum absolute atomic E-state index is 9.53. The van der Waals surface area contributed by atoms with Crippen LogP contribution in [0.5, 0.6) is 34.5 Å². The quantitative estimate of drug-likeness (QED) is 0.440. The number of nitrogens with one attached hydrogen (secondary N) is 1. The van der Waals surface area contributed by atoms with E-state index in [1.807, 2.05) is 18.2 Å². The third kappa shape index (κ3) is 5.15. The summed E-state index contributed by atoms with van der Waals surface area (Å²) in [7, 11) is 0. The Morgan fingerprint density at radius 1 is 0.767 bits per heavy atom. The molecule has 2 atom stereocenters. The molecule has 156 valence electrons. The van der Waals surface area contributed by atoms with Crippen LogP contribution in [-0.2, 0) is 0 Å². The molecule has 2 unspecified atom stereocenters. The number of benzene rings is 3. The molecule has 5 N–H and O–H groups in total. The van der Waals surface area contributed by atoms with Gasteiger partial charge in [-0.2, -0.15) is 0 Å². The zero-order valence-corrected chi connectivity index (χ0v) is 16.6. The van der Waals surface area contributed by atoms with Crippen LogP contribution in [0.1, 0.15) is 25.7 Å². The SMILES string of the molecule is NC1CCCC(Nc2ccc(Oc3ccc(O)cc3)cc2Oc2ccc(O)cc2)C1. The monoisotopic (exact) mass is 406 g/mol. The molecular weight excluding hydrogens is 380 g/mol. The van der Waals surface area contributed by atoms with E-state index in [9.17, 15) is 10.2 Å². The molecule has 0 radical (unpaired) electrons. The molecule has 0 spiro atoms. The summed E-state index contributed by atoms with van der Waals surface area (Å²) in [5.74, 6) is 2.82. The molecule has 1 fully saturated rings. The second kappa shape index (κ2) is 8.97. The average molecular weight is 406 g/mol. The first-order valence-electron chi connectivity index (χ1n) is 10.1. The van der Waals surface area contributed by atoms with Crippen LogP contribution >= 0.6 is 0 Å². The van der Waals surface area contributed by atoms with Gasteiger partial charge >= 0.3 is 0 Å². The minimum atomic E-state index is 0.182. The van der Waals surface area contributed by atoms with Gasteiger partial charge in [-0.3, -0.25) is 0 Å². The number of hydrogen-bond donors (Lipinski definition) is 4. The molecule has 0 heterocycles. The van der Waals surface area contributed by atoms with Gasteiger partial charge in [-0.1, -0.05) is 0 Å². The minimum absolute atomic E-state index is 0.182. The maximum atomic E-state index is 9.53. The topological polar surface area (TPSA) is 97.0 Å². The molecule has 1 saturated carbocycles. The third-order valence-corrected chi connectivity index (χ3v) is 5.16. The van der Waals surface area contributed by atoms with Crippen molar-refractivity contribution in [3.8, 4) is 34.5 Å². The highest BCUT2D eigenvalue weighted by Gasteiger charge is 2.20. The Bertz CT molecular complexity index is 974. The van der Waals surface area contributed by atoms with Crippen molar-refractivity contribution in [1.82, 2.24) is 0 Å². The van der Waals surface area contributed by atoms with Crippen molar-refractivity contribution in [1.29, 1.82) is 0 Å². The van der Waals surface area contributed by atoms with Crippen LogP contribution in [0.4, 0.5) is 5.69 Å². The van der Waals surface area contributed by atoms with Gasteiger partial charge in [0.05, 0.1) is 5.69 Å². The van der Waals surface area contributed by atoms with Crippen LogP contribution in [0.3, 0.4) is 0 Å². The van der Waals surface area contributed by atoms with Gasteiger partial charge in [0, 0.05) is 18.2 Å². The summed E-state index contributed by atoms with van der Waals surface area (Å²) in [6.07, 6.45) is 4.16. The smallest absolute Gasteiger partial charge is 0.154 e. The first-order valence-corrected chi connectivity index (χ1v) is 10.1. The number of phenols is 2. The Morgan fingerprint density at radius 3 is 2.00 bits per heavy atom. The second-order valence-electron chi connectivity index (χ2n) is 7.62. The molecule has 1 aliphatic rings. The lowest BCUT2D eigenvalue weighted by molar-refractivity contribution is 0.407. The molecule has 0 amide bonds. The largest absolute Gasteiger partial charge is 0.508 e. The van der Waals surface area contributed by atoms with Crippen molar-refractivity contribution in [2.75, 3.05) is 5.32 Å². The van der Waals surface area contributed by atoms with E-state index in [0.29, 0.717) is 29.0 Å². The minimum Gasteiger partial charge on any atom is -0.508 e. The fraction of sp³-hybridized carbons (Fsp3) is 0.250. The summed E-state index contributed by atoms with van der Waals surface area (Å²) in [6, 6.07) is 19.3. The molecule has 30 heavy (non-hydrogen) atoms. The standard InChI is InChI=1S/C24H26N2O4/c25-16-2-1-3-17(14-16)26-23-13-12-22(29-20-8-4-18(27)5-9-20)15-24(23)30-21-10-6-19(28)7-11-21/h4-13,15-17,26-28H,1-3,14,25H2. The number of anilines is 1. The Hall–Kier alpha value is -3.38. The summed E-state index contributed by atoms with van der Waals surface area (Å²) in [5, 5.41) is 22.5. The van der Waals surface area contributed by atoms with Crippen molar-refractivity contribution < 1.29 is 19.7 Å². The summed E-state index contributed by atoms with van der Waals surface area (Å²) in [5.41, 5.74) is 7.00. The van der Waals surface area contributed by atoms with Crippen LogP contribution in [0.2, 0.25) is 0 Å². The molecule has 0 bridgehead atoms. The fourth-order valence-corrected chi connectivity index (χ4v) is 3.64. The zero-order valence-electron chi connectivity index (χ0n) is 16.6. The third-order valence-electron chi connectivity index (χ3n) is 5.16. The average Bonchev–Trinajstić information content (AvgIpc) is 2.73. The van der Waals surface area contributed by atoms with Crippen LogP contribution in [0, 0.1) is 0 Å². The molecule has 0 saturated heterocycles. The maximum Gasteiger partial charge on any atom is 0.154 e. The Kier molecular flexibility index (Phi) is 5.95. The number of phenolic OH excluding ortho intramolecular Hbond substituents is 2. The van der Waals surface area contributed by atoms with Crippen molar-refractivity contribution in [3.63, 3.8) is 0 Å². The number of ether oxygens (including phenoxy) is 2. The van der Waals surface area contributed by atoms with Crippen LogP contribution in [-0.4, -0.2) is 22.3 Å². The Labute approximate surface area is 175 Å². The van der Waals surface area contributed by atoms with Gasteiger partial charge in [0.15, 0.2) is 5.75 Å². The van der Waals surface area contributed by atoms with E-state index in [2.05, 4.69) is 5.32 Å². The molecule has 0 aliphatic heterocycles. The lowest BCUT2D eigenvalue weighted by atomic mass is 9.91. The van der Waals surface area contributed by atoms with Gasteiger partial charge < -0.3 is 30.7 Å². The van der Waals surface area contributed by atoms with Crippen LogP contribution in [0.25, 0.3) is 0 Å². The van der Waals surface area contributed by atoms with E-state index < -0.39 is 0 Å². The molecule has 6 heteroatoms. The summed E-state index contributed by atoms with van der Waals surface area (Å²) in [6.45, 7) is 0. The second-order valence-corrected chi connectivity index (χ2v) is 7.62. The molecule has 4 rings (SSSR count). The predicted molar refractivity (Wildman–Crippen MR) is 117 cm³/mol. The van der Waals surface area contributed by atoms with E-state index in [0.717, 1.165) is 31.4 Å². The highest BCUT2D eigenvalue weighted by Crippen LogP contribution is 2.37. The van der Waals surface area contributed by atoms with Gasteiger partial charge in [-0.15, -0.1) is 0 Å². The Balaban J connectivity index is 1.58. The van der Waals surface area contributed by atoms with Crippen molar-refractivity contribution in [2.24, 2.45) is 5.73 Å². The molecule has 3 aromatic carbocycles. The number of hydrogen-bond acceptors (Lipinski definition) is 6. The first kappa shape index (κ1) is 19.9. The number of rotatable bonds is 6. The number of aromatic hydroxyl groups is 2. The van der Waals surface area contributed by atoms with Crippen molar-refractivity contribution in [3.05, 3.63) is 66.7 Å². The van der Waals surface area contributed by atoms with E-state index in [1.54, 1.807) is 48.5 Å². The lowest BCUT2D eigenvalue weighted by Gasteiger charge is -2.29. The molecule has 3 aromatic rings. The van der Waals surface area contributed by atoms with Gasteiger partial charge in [-0.25, -0.2) is 0 Å². The van der Waals surface area contributed by atoms with Gasteiger partial charge in [0.1, 0.15) is 28.7 Å². The normalized spacial score (nSPS) is 18.6. The van der Waals surface area contributed by atoms with Crippen molar-refractivity contribution >= 4 is 5.69 Å². The summed E-state index contributed by atoms with van der Waals surface area (Å²) < 4.78 is 12.0. The van der Waals surface area contributed by atoms with Gasteiger partial charge in [0.2, 0.25) is 0 Å². The van der Waals surface area contributed by atoms with E-state index >= 15 is 0 Å². The molecular formula is C24H26N2O4. The van der Waals surface area contributed by atoms with Gasteiger partial charge in [0.25, 0.3) is 0 Å². The molecule has 6 nitrogen and oxygen atoms in total. The summed E-state index contributed by atoms with van der Waals surface area (Å²) >= 11 is 0. The van der Waals surface area contributed by atoms with E-state index in [4.69, 9.17) is 15.2 Å². The highest BCUT2D eigenvalue weighted by molar-refractivity contribution is 5.61. The number of nitrogens with two attached hydrogens (primary N) is 1. The summed E-state index contributed by atoms with van der Waals surface area (Å²) in [4.78, 5) is 0. The highest BCUT2D eigenvalue weighted by atomic mass is 16.5. The van der Waals surface area contributed by atoms with Crippen molar-refractivity contribution in [2.45, 2.75) is 37.8 Å². The molecule has 1 aliphatic carbocycles. The van der Waals surface area contributed by atoms with Crippen LogP contribution in [0.15, 0.2) is 66.7 Å². The van der Waals surface area contributed by atoms with E-state index in [-0.39, 0.29) is 17.5 Å². The first-order chi connectivity index (χ1) is 14.5. The van der Waals surface area contributed by atoms with Crippen LogP contribution < -0.4 is 20.5 Å². The molecule has 0 aromatic heterocycles. The van der Waals surface area contributed by atoms with E-state index in [1.165, 1.54) is 0 Å². The Morgan fingerprint density at radius 2 is 1.37 bits per heavy atom. The fourth-order valence-electron chi connectivity index (χ4n) is 3.64. The zero-order chi connectivity index (χ0) is 20.9. The van der Waals surface area contributed by atoms with Gasteiger partial charge in [-0.05, 0) is 86.3 Å². The lowest BCUT2D eigenvalue weighted by Crippen LogP contribution is -2.34.